The van der Waals surface area contributed by atoms with Crippen molar-refractivity contribution in [1.82, 2.24) is 10.2 Å². The second-order valence-corrected chi connectivity index (χ2v) is 6.23. The highest BCUT2D eigenvalue weighted by molar-refractivity contribution is 5.79. The van der Waals surface area contributed by atoms with Crippen LogP contribution in [-0.2, 0) is 4.79 Å². The topological polar surface area (TPSA) is 52.6 Å². The van der Waals surface area contributed by atoms with Gasteiger partial charge in [-0.25, -0.2) is 0 Å². The zero-order chi connectivity index (χ0) is 15.7. The van der Waals surface area contributed by atoms with E-state index in [2.05, 4.69) is 5.32 Å². The van der Waals surface area contributed by atoms with Crippen LogP contribution in [0.1, 0.15) is 45.4 Å². The molecule has 0 aromatic rings. The van der Waals surface area contributed by atoms with Gasteiger partial charge in [0.1, 0.15) is 5.54 Å². The van der Waals surface area contributed by atoms with E-state index in [0.29, 0.717) is 19.4 Å². The minimum Gasteiger partial charge on any atom is -0.480 e. The molecule has 7 heteroatoms. The van der Waals surface area contributed by atoms with E-state index in [4.69, 9.17) is 0 Å². The molecule has 2 aliphatic rings. The molecule has 0 aliphatic heterocycles. The van der Waals surface area contributed by atoms with E-state index in [0.717, 1.165) is 19.3 Å². The molecule has 0 bridgehead atoms. The first-order chi connectivity index (χ1) is 9.77. The summed E-state index contributed by atoms with van der Waals surface area (Å²) >= 11 is 0. The maximum Gasteiger partial charge on any atom is 0.401 e. The van der Waals surface area contributed by atoms with Gasteiger partial charge in [-0.1, -0.05) is 6.92 Å². The van der Waals surface area contributed by atoms with Crippen molar-refractivity contribution in [2.45, 2.75) is 69.2 Å². The summed E-state index contributed by atoms with van der Waals surface area (Å²) in [6, 6.07) is -0.313. The molecule has 2 unspecified atom stereocenters. The molecule has 0 saturated heterocycles. The normalized spacial score (nSPS) is 30.0. The second kappa shape index (κ2) is 6.12. The van der Waals surface area contributed by atoms with Gasteiger partial charge in [-0.3, -0.25) is 9.69 Å². The third kappa shape index (κ3) is 4.10. The quantitative estimate of drug-likeness (QED) is 0.758. The molecule has 2 saturated carbocycles. The molecule has 0 amide bonds. The number of rotatable bonds is 7. The molecule has 2 N–H and O–H groups in total. The first kappa shape index (κ1) is 16.5. The van der Waals surface area contributed by atoms with Crippen LogP contribution in [0.2, 0.25) is 0 Å². The Morgan fingerprint density at radius 2 is 2.00 bits per heavy atom. The van der Waals surface area contributed by atoms with E-state index < -0.39 is 24.2 Å². The number of halogens is 3. The van der Waals surface area contributed by atoms with Crippen molar-refractivity contribution >= 4 is 5.97 Å². The molecule has 122 valence electrons. The van der Waals surface area contributed by atoms with Crippen molar-refractivity contribution < 1.29 is 23.1 Å². The summed E-state index contributed by atoms with van der Waals surface area (Å²) in [5.74, 6) is -0.943. The summed E-state index contributed by atoms with van der Waals surface area (Å²) in [6.45, 7) is 1.59. The molecule has 0 spiro atoms. The highest BCUT2D eigenvalue weighted by Crippen LogP contribution is 2.40. The summed E-state index contributed by atoms with van der Waals surface area (Å²) in [6.07, 6.45) is -0.689. The molecule has 0 aromatic carbocycles. The Kier molecular flexibility index (Phi) is 4.82. The zero-order valence-corrected chi connectivity index (χ0v) is 12.2. The molecule has 2 fully saturated rings. The van der Waals surface area contributed by atoms with E-state index in [1.165, 1.54) is 4.90 Å². The molecule has 2 atom stereocenters. The van der Waals surface area contributed by atoms with E-state index in [1.807, 2.05) is 6.92 Å². The van der Waals surface area contributed by atoms with Gasteiger partial charge < -0.3 is 10.4 Å². The lowest BCUT2D eigenvalue weighted by Gasteiger charge is -2.32. The van der Waals surface area contributed by atoms with Crippen molar-refractivity contribution in [3.8, 4) is 0 Å². The van der Waals surface area contributed by atoms with Crippen LogP contribution in [0.3, 0.4) is 0 Å². The minimum absolute atomic E-state index is 0.0209. The average molecular weight is 308 g/mol. The van der Waals surface area contributed by atoms with Crippen LogP contribution >= 0.6 is 0 Å². The van der Waals surface area contributed by atoms with Gasteiger partial charge in [-0.05, 0) is 45.1 Å². The zero-order valence-electron chi connectivity index (χ0n) is 12.2. The maximum atomic E-state index is 12.7. The van der Waals surface area contributed by atoms with Crippen molar-refractivity contribution in [1.29, 1.82) is 0 Å². The molecular weight excluding hydrogens is 285 g/mol. The van der Waals surface area contributed by atoms with Gasteiger partial charge in [0.05, 0.1) is 6.54 Å². The number of nitrogens with zero attached hydrogens (tertiary/aromatic N) is 1. The predicted octanol–water partition coefficient (Wildman–Crippen LogP) is 2.39. The van der Waals surface area contributed by atoms with Gasteiger partial charge in [0.25, 0.3) is 0 Å². The number of aliphatic carboxylic acids is 1. The third-order valence-electron chi connectivity index (χ3n) is 4.46. The lowest BCUT2D eigenvalue weighted by Crippen LogP contribution is -2.52. The fourth-order valence-electron chi connectivity index (χ4n) is 3.27. The number of alkyl halides is 3. The van der Waals surface area contributed by atoms with Gasteiger partial charge in [-0.15, -0.1) is 0 Å². The van der Waals surface area contributed by atoms with E-state index in [9.17, 15) is 23.1 Å². The first-order valence-corrected chi connectivity index (χ1v) is 7.58. The first-order valence-electron chi connectivity index (χ1n) is 7.58. The maximum absolute atomic E-state index is 12.7. The second-order valence-electron chi connectivity index (χ2n) is 6.23. The largest absolute Gasteiger partial charge is 0.480 e. The van der Waals surface area contributed by atoms with Gasteiger partial charge in [0.15, 0.2) is 0 Å². The monoisotopic (exact) mass is 308 g/mol. The van der Waals surface area contributed by atoms with Crippen LogP contribution in [0.4, 0.5) is 13.2 Å². The number of carboxylic acid groups (broad SMARTS) is 1. The Morgan fingerprint density at radius 1 is 1.33 bits per heavy atom. The number of hydrogen-bond acceptors (Lipinski definition) is 3. The van der Waals surface area contributed by atoms with Crippen LogP contribution in [0.5, 0.6) is 0 Å². The summed E-state index contributed by atoms with van der Waals surface area (Å²) in [7, 11) is 0. The molecular formula is C14H23F3N2O2. The molecule has 2 rings (SSSR count). The van der Waals surface area contributed by atoms with Gasteiger partial charge in [0.2, 0.25) is 0 Å². The standard InChI is InChI=1S/C14H23F3N2O2/c1-2-7-18-13(12(20)21)6-5-11(8-13)19(10-3-4-10)9-14(15,16)17/h10-11,18H,2-9H2,1H3,(H,20,21). The fourth-order valence-corrected chi connectivity index (χ4v) is 3.27. The van der Waals surface area contributed by atoms with Crippen LogP contribution in [0.25, 0.3) is 0 Å². The SMILES string of the molecule is CCCNC1(C(=O)O)CCC(N(CC(F)(F)F)C2CC2)C1. The molecule has 0 heterocycles. The van der Waals surface area contributed by atoms with Gasteiger partial charge >= 0.3 is 12.1 Å². The Balaban J connectivity index is 2.05. The van der Waals surface area contributed by atoms with E-state index in [-0.39, 0.29) is 18.5 Å². The lowest BCUT2D eigenvalue weighted by molar-refractivity contribution is -0.153. The van der Waals surface area contributed by atoms with E-state index >= 15 is 0 Å². The van der Waals surface area contributed by atoms with Crippen LogP contribution in [0.15, 0.2) is 0 Å². The Morgan fingerprint density at radius 3 is 2.48 bits per heavy atom. The van der Waals surface area contributed by atoms with Gasteiger partial charge in [-0.2, -0.15) is 13.2 Å². The number of carbonyl (C=O) groups is 1. The Bertz CT molecular complexity index is 385. The van der Waals surface area contributed by atoms with E-state index in [1.54, 1.807) is 0 Å². The Hall–Kier alpha value is -0.820. The van der Waals surface area contributed by atoms with Crippen LogP contribution in [-0.4, -0.2) is 52.9 Å². The third-order valence-corrected chi connectivity index (χ3v) is 4.46. The summed E-state index contributed by atoms with van der Waals surface area (Å²) in [5, 5.41) is 12.5. The van der Waals surface area contributed by atoms with Crippen molar-refractivity contribution in [3.05, 3.63) is 0 Å². The number of hydrogen-bond donors (Lipinski definition) is 2. The highest BCUT2D eigenvalue weighted by Gasteiger charge is 2.50. The minimum atomic E-state index is -4.23. The smallest absolute Gasteiger partial charge is 0.401 e. The summed E-state index contributed by atoms with van der Waals surface area (Å²) in [5.41, 5.74) is -1.06. The van der Waals surface area contributed by atoms with Crippen molar-refractivity contribution in [3.63, 3.8) is 0 Å². The Labute approximate surface area is 122 Å². The highest BCUT2D eigenvalue weighted by atomic mass is 19.4. The molecule has 21 heavy (non-hydrogen) atoms. The molecule has 0 radical (unpaired) electrons. The average Bonchev–Trinajstić information content (AvgIpc) is 3.12. The lowest BCUT2D eigenvalue weighted by atomic mass is 9.97. The molecule has 4 nitrogen and oxygen atoms in total. The van der Waals surface area contributed by atoms with Crippen molar-refractivity contribution in [2.75, 3.05) is 13.1 Å². The van der Waals surface area contributed by atoms with Gasteiger partial charge in [0, 0.05) is 12.1 Å². The summed E-state index contributed by atoms with van der Waals surface area (Å²) in [4.78, 5) is 13.0. The van der Waals surface area contributed by atoms with Crippen molar-refractivity contribution in [2.24, 2.45) is 0 Å². The number of nitrogens with one attached hydrogen (secondary N) is 1. The molecule has 2 aliphatic carbocycles. The fraction of sp³-hybridized carbons (Fsp3) is 0.929. The predicted molar refractivity (Wildman–Crippen MR) is 72.1 cm³/mol. The molecule has 0 aromatic heterocycles. The summed E-state index contributed by atoms with van der Waals surface area (Å²) < 4.78 is 38.2. The van der Waals surface area contributed by atoms with Crippen LogP contribution in [0, 0.1) is 0 Å². The number of carboxylic acids is 1. The van der Waals surface area contributed by atoms with Crippen LogP contribution < -0.4 is 5.32 Å².